The summed E-state index contributed by atoms with van der Waals surface area (Å²) in [7, 11) is 0. The zero-order chi connectivity index (χ0) is 12.8. The molecule has 4 heteroatoms. The van der Waals surface area contributed by atoms with Crippen LogP contribution in [-0.2, 0) is 0 Å². The molecule has 17 heavy (non-hydrogen) atoms. The van der Waals surface area contributed by atoms with Crippen molar-refractivity contribution in [2.75, 3.05) is 6.61 Å². The van der Waals surface area contributed by atoms with E-state index in [2.05, 4.69) is 27.9 Å². The highest BCUT2D eigenvalue weighted by Gasteiger charge is 2.12. The fourth-order valence-electron chi connectivity index (χ4n) is 1.59. The van der Waals surface area contributed by atoms with Crippen LogP contribution in [0.1, 0.15) is 35.7 Å². The minimum absolute atomic E-state index is 0.0482. The van der Waals surface area contributed by atoms with Crippen LogP contribution < -0.4 is 5.32 Å². The molecule has 0 aromatic heterocycles. The van der Waals surface area contributed by atoms with Crippen molar-refractivity contribution in [3.63, 3.8) is 0 Å². The molecule has 0 saturated carbocycles. The molecule has 1 amide bonds. The summed E-state index contributed by atoms with van der Waals surface area (Å²) in [6, 6.07) is 5.71. The number of carbonyl (C=O) groups is 1. The van der Waals surface area contributed by atoms with Gasteiger partial charge in [-0.25, -0.2) is 0 Å². The first-order chi connectivity index (χ1) is 8.08. The van der Waals surface area contributed by atoms with E-state index in [4.69, 9.17) is 5.11 Å². The molecule has 0 heterocycles. The van der Waals surface area contributed by atoms with Crippen LogP contribution in [0.25, 0.3) is 0 Å². The summed E-state index contributed by atoms with van der Waals surface area (Å²) in [4.78, 5) is 12.0. The van der Waals surface area contributed by atoms with Crippen molar-refractivity contribution >= 4 is 28.5 Å². The van der Waals surface area contributed by atoms with Gasteiger partial charge in [0.05, 0.1) is 0 Å². The van der Waals surface area contributed by atoms with Gasteiger partial charge < -0.3 is 10.4 Å². The van der Waals surface area contributed by atoms with E-state index in [1.807, 2.05) is 32.0 Å². The van der Waals surface area contributed by atoms with Gasteiger partial charge in [-0.3, -0.25) is 4.79 Å². The van der Waals surface area contributed by atoms with E-state index < -0.39 is 0 Å². The van der Waals surface area contributed by atoms with Gasteiger partial charge in [0, 0.05) is 21.8 Å². The van der Waals surface area contributed by atoms with Crippen LogP contribution in [0.3, 0.4) is 0 Å². The lowest BCUT2D eigenvalue weighted by molar-refractivity contribution is 0.0929. The van der Waals surface area contributed by atoms with Gasteiger partial charge in [-0.15, -0.1) is 0 Å². The van der Waals surface area contributed by atoms with Gasteiger partial charge in [0.15, 0.2) is 0 Å². The minimum atomic E-state index is -0.0650. The molecule has 1 aromatic rings. The SMILES string of the molecule is CCC(CCO)NC(=O)c1ccc(I)c(C)c1. The molecule has 0 spiro atoms. The van der Waals surface area contributed by atoms with Crippen molar-refractivity contribution in [1.29, 1.82) is 0 Å². The topological polar surface area (TPSA) is 49.3 Å². The number of halogens is 1. The van der Waals surface area contributed by atoms with Gasteiger partial charge in [-0.1, -0.05) is 6.92 Å². The summed E-state index contributed by atoms with van der Waals surface area (Å²) in [5.74, 6) is -0.0650. The Labute approximate surface area is 116 Å². The smallest absolute Gasteiger partial charge is 0.251 e. The van der Waals surface area contributed by atoms with Gasteiger partial charge in [-0.2, -0.15) is 0 Å². The van der Waals surface area contributed by atoms with Crippen LogP contribution in [0.2, 0.25) is 0 Å². The van der Waals surface area contributed by atoms with Gasteiger partial charge in [-0.05, 0) is 66.1 Å². The van der Waals surface area contributed by atoms with Crippen LogP contribution >= 0.6 is 22.6 Å². The van der Waals surface area contributed by atoms with Crippen LogP contribution in [0.15, 0.2) is 18.2 Å². The summed E-state index contributed by atoms with van der Waals surface area (Å²) >= 11 is 2.25. The number of aliphatic hydroxyl groups is 1. The summed E-state index contributed by atoms with van der Waals surface area (Å²) in [6.45, 7) is 4.09. The molecule has 94 valence electrons. The molecule has 2 N–H and O–H groups in total. The van der Waals surface area contributed by atoms with Gasteiger partial charge in [0.2, 0.25) is 0 Å². The van der Waals surface area contributed by atoms with E-state index in [0.717, 1.165) is 15.6 Å². The van der Waals surface area contributed by atoms with E-state index in [1.54, 1.807) is 0 Å². The van der Waals surface area contributed by atoms with Gasteiger partial charge >= 0.3 is 0 Å². The standard InChI is InChI=1S/C13H18INO2/c1-3-11(6-7-16)15-13(17)10-4-5-12(14)9(2)8-10/h4-5,8,11,16H,3,6-7H2,1-2H3,(H,15,17). The third-order valence-electron chi connectivity index (χ3n) is 2.73. The third-order valence-corrected chi connectivity index (χ3v) is 3.94. The monoisotopic (exact) mass is 347 g/mol. The highest BCUT2D eigenvalue weighted by atomic mass is 127. The molecule has 0 aliphatic heterocycles. The maximum absolute atomic E-state index is 12.0. The summed E-state index contributed by atoms with van der Waals surface area (Å²) in [5.41, 5.74) is 1.78. The predicted molar refractivity (Wildman–Crippen MR) is 77.1 cm³/mol. The maximum atomic E-state index is 12.0. The van der Waals surface area contributed by atoms with E-state index in [0.29, 0.717) is 12.0 Å². The highest BCUT2D eigenvalue weighted by molar-refractivity contribution is 14.1. The number of carbonyl (C=O) groups excluding carboxylic acids is 1. The molecule has 1 aromatic carbocycles. The normalized spacial score (nSPS) is 12.2. The molecule has 3 nitrogen and oxygen atoms in total. The number of aryl methyl sites for hydroxylation is 1. The van der Waals surface area contributed by atoms with E-state index in [1.165, 1.54) is 0 Å². The quantitative estimate of drug-likeness (QED) is 0.804. The lowest BCUT2D eigenvalue weighted by atomic mass is 10.1. The van der Waals surface area contributed by atoms with Crippen molar-refractivity contribution in [2.45, 2.75) is 32.7 Å². The molecule has 0 bridgehead atoms. The first kappa shape index (κ1) is 14.4. The van der Waals surface area contributed by atoms with Crippen molar-refractivity contribution in [3.05, 3.63) is 32.9 Å². The molecule has 0 fully saturated rings. The number of aliphatic hydroxyl groups excluding tert-OH is 1. The van der Waals surface area contributed by atoms with Gasteiger partial charge in [0.1, 0.15) is 0 Å². The van der Waals surface area contributed by atoms with Crippen molar-refractivity contribution in [1.82, 2.24) is 5.32 Å². The summed E-state index contributed by atoms with van der Waals surface area (Å²) in [5, 5.41) is 11.8. The Bertz CT molecular complexity index is 393. The van der Waals surface area contributed by atoms with Crippen LogP contribution in [0, 0.1) is 10.5 Å². The fraction of sp³-hybridized carbons (Fsp3) is 0.462. The van der Waals surface area contributed by atoms with Crippen molar-refractivity contribution in [3.8, 4) is 0 Å². The Morgan fingerprint density at radius 2 is 2.24 bits per heavy atom. The van der Waals surface area contributed by atoms with Crippen LogP contribution in [0.5, 0.6) is 0 Å². The first-order valence-electron chi connectivity index (χ1n) is 5.76. The molecule has 0 saturated heterocycles. The van der Waals surface area contributed by atoms with E-state index in [-0.39, 0.29) is 18.6 Å². The third kappa shape index (κ3) is 4.27. The molecule has 1 unspecified atom stereocenters. The Kier molecular flexibility index (Phi) is 5.91. The second-order valence-electron chi connectivity index (χ2n) is 4.05. The lowest BCUT2D eigenvalue weighted by Gasteiger charge is -2.16. The lowest BCUT2D eigenvalue weighted by Crippen LogP contribution is -2.35. The first-order valence-corrected chi connectivity index (χ1v) is 6.84. The van der Waals surface area contributed by atoms with E-state index in [9.17, 15) is 4.79 Å². The second-order valence-corrected chi connectivity index (χ2v) is 5.22. The zero-order valence-corrected chi connectivity index (χ0v) is 12.3. The zero-order valence-electron chi connectivity index (χ0n) is 10.2. The van der Waals surface area contributed by atoms with Gasteiger partial charge in [0.25, 0.3) is 5.91 Å². The predicted octanol–water partition coefficient (Wildman–Crippen LogP) is 2.49. The molecule has 0 aliphatic carbocycles. The Morgan fingerprint density at radius 1 is 1.53 bits per heavy atom. The molecular weight excluding hydrogens is 329 g/mol. The minimum Gasteiger partial charge on any atom is -0.396 e. The summed E-state index contributed by atoms with van der Waals surface area (Å²) < 4.78 is 1.15. The number of benzene rings is 1. The highest BCUT2D eigenvalue weighted by Crippen LogP contribution is 2.13. The maximum Gasteiger partial charge on any atom is 0.251 e. The Morgan fingerprint density at radius 3 is 2.76 bits per heavy atom. The number of hydrogen-bond donors (Lipinski definition) is 2. The molecule has 1 atom stereocenters. The van der Waals surface area contributed by atoms with Crippen molar-refractivity contribution in [2.24, 2.45) is 0 Å². The molecule has 0 aliphatic rings. The largest absolute Gasteiger partial charge is 0.396 e. The number of hydrogen-bond acceptors (Lipinski definition) is 2. The molecule has 1 rings (SSSR count). The Hall–Kier alpha value is -0.620. The average Bonchev–Trinajstić information content (AvgIpc) is 2.31. The Balaban J connectivity index is 2.72. The summed E-state index contributed by atoms with van der Waals surface area (Å²) in [6.07, 6.45) is 1.43. The number of amides is 1. The number of rotatable bonds is 5. The molecule has 0 radical (unpaired) electrons. The van der Waals surface area contributed by atoms with Crippen LogP contribution in [0.4, 0.5) is 0 Å². The van der Waals surface area contributed by atoms with Crippen LogP contribution in [-0.4, -0.2) is 23.7 Å². The number of nitrogens with one attached hydrogen (secondary N) is 1. The fourth-order valence-corrected chi connectivity index (χ4v) is 1.92. The molecular formula is C13H18INO2. The average molecular weight is 347 g/mol. The second kappa shape index (κ2) is 6.96. The van der Waals surface area contributed by atoms with E-state index >= 15 is 0 Å². The van der Waals surface area contributed by atoms with Crippen molar-refractivity contribution < 1.29 is 9.90 Å².